The van der Waals surface area contributed by atoms with Crippen molar-refractivity contribution in [2.45, 2.75) is 46.0 Å². The van der Waals surface area contributed by atoms with Crippen molar-refractivity contribution in [1.29, 1.82) is 0 Å². The summed E-state index contributed by atoms with van der Waals surface area (Å²) in [6.45, 7) is 5.43. The van der Waals surface area contributed by atoms with Crippen LogP contribution in [-0.4, -0.2) is 28.1 Å². The van der Waals surface area contributed by atoms with Gasteiger partial charge in [-0.05, 0) is 30.7 Å². The van der Waals surface area contributed by atoms with E-state index in [1.165, 1.54) is 6.42 Å². The molecule has 1 aliphatic carbocycles. The number of rotatable bonds is 7. The van der Waals surface area contributed by atoms with E-state index in [2.05, 4.69) is 9.44 Å². The molecule has 0 aromatic rings. The Morgan fingerprint density at radius 1 is 1.17 bits per heavy atom. The van der Waals surface area contributed by atoms with Gasteiger partial charge in [-0.25, -0.2) is 9.44 Å². The van der Waals surface area contributed by atoms with Gasteiger partial charge in [0.1, 0.15) is 0 Å². The van der Waals surface area contributed by atoms with Gasteiger partial charge in [0.25, 0.3) is 10.2 Å². The third kappa shape index (κ3) is 5.22. The largest absolute Gasteiger partial charge is 0.330 e. The molecule has 0 amide bonds. The highest BCUT2D eigenvalue weighted by molar-refractivity contribution is 7.87. The van der Waals surface area contributed by atoms with Gasteiger partial charge < -0.3 is 5.73 Å². The van der Waals surface area contributed by atoms with Crippen LogP contribution in [0.15, 0.2) is 0 Å². The maximum atomic E-state index is 11.8. The highest BCUT2D eigenvalue weighted by Crippen LogP contribution is 2.34. The van der Waals surface area contributed by atoms with Gasteiger partial charge >= 0.3 is 0 Å². The lowest BCUT2D eigenvalue weighted by atomic mass is 9.74. The zero-order valence-electron chi connectivity index (χ0n) is 11.5. The molecule has 0 aromatic carbocycles. The average molecular weight is 277 g/mol. The molecule has 0 aliphatic heterocycles. The fourth-order valence-corrected chi connectivity index (χ4v) is 3.48. The van der Waals surface area contributed by atoms with Crippen LogP contribution in [0.4, 0.5) is 0 Å². The topological polar surface area (TPSA) is 84.2 Å². The standard InChI is InChI=1S/C12H27N3O2S/c1-11(2)8-14-18(16,17)15-10-12(9-13)6-4-3-5-7-12/h11,14-15H,3-10,13H2,1-2H3. The van der Waals surface area contributed by atoms with Crippen LogP contribution in [-0.2, 0) is 10.2 Å². The maximum Gasteiger partial charge on any atom is 0.276 e. The smallest absolute Gasteiger partial charge is 0.276 e. The molecule has 18 heavy (non-hydrogen) atoms. The van der Waals surface area contributed by atoms with Crippen LogP contribution >= 0.6 is 0 Å². The van der Waals surface area contributed by atoms with Gasteiger partial charge in [-0.3, -0.25) is 0 Å². The van der Waals surface area contributed by atoms with E-state index in [1.807, 2.05) is 13.8 Å². The summed E-state index contributed by atoms with van der Waals surface area (Å²) < 4.78 is 28.8. The van der Waals surface area contributed by atoms with E-state index in [0.717, 1.165) is 25.7 Å². The van der Waals surface area contributed by atoms with Gasteiger partial charge in [-0.1, -0.05) is 33.1 Å². The third-order valence-corrected chi connectivity index (χ3v) is 4.74. The predicted octanol–water partition coefficient (Wildman–Crippen LogP) is 0.976. The Hall–Kier alpha value is -0.170. The van der Waals surface area contributed by atoms with Gasteiger partial charge in [0.2, 0.25) is 0 Å². The van der Waals surface area contributed by atoms with Crippen LogP contribution in [0.1, 0.15) is 46.0 Å². The summed E-state index contributed by atoms with van der Waals surface area (Å²) >= 11 is 0. The van der Waals surface area contributed by atoms with Crippen molar-refractivity contribution < 1.29 is 8.42 Å². The lowest BCUT2D eigenvalue weighted by Crippen LogP contribution is -2.47. The monoisotopic (exact) mass is 277 g/mol. The number of hydrogen-bond acceptors (Lipinski definition) is 3. The van der Waals surface area contributed by atoms with E-state index in [1.54, 1.807) is 0 Å². The van der Waals surface area contributed by atoms with Crippen molar-refractivity contribution in [2.75, 3.05) is 19.6 Å². The molecule has 5 nitrogen and oxygen atoms in total. The predicted molar refractivity (Wildman–Crippen MR) is 74.3 cm³/mol. The van der Waals surface area contributed by atoms with Crippen LogP contribution in [0.25, 0.3) is 0 Å². The molecule has 0 unspecified atom stereocenters. The quantitative estimate of drug-likeness (QED) is 0.648. The molecule has 0 radical (unpaired) electrons. The van der Waals surface area contributed by atoms with Gasteiger partial charge in [-0.2, -0.15) is 8.42 Å². The van der Waals surface area contributed by atoms with E-state index >= 15 is 0 Å². The molecule has 108 valence electrons. The van der Waals surface area contributed by atoms with E-state index in [9.17, 15) is 8.42 Å². The first-order chi connectivity index (χ1) is 8.39. The summed E-state index contributed by atoms with van der Waals surface area (Å²) in [5, 5.41) is 0. The van der Waals surface area contributed by atoms with Crippen molar-refractivity contribution in [1.82, 2.24) is 9.44 Å². The molecule has 0 saturated heterocycles. The molecular weight excluding hydrogens is 250 g/mol. The minimum atomic E-state index is -3.38. The Labute approximate surface area is 111 Å². The summed E-state index contributed by atoms with van der Waals surface area (Å²) in [5.74, 6) is 0.305. The number of hydrogen-bond donors (Lipinski definition) is 3. The highest BCUT2D eigenvalue weighted by Gasteiger charge is 2.31. The molecule has 6 heteroatoms. The van der Waals surface area contributed by atoms with Crippen molar-refractivity contribution in [2.24, 2.45) is 17.1 Å². The van der Waals surface area contributed by atoms with Crippen LogP contribution in [0.5, 0.6) is 0 Å². The molecular formula is C12H27N3O2S. The summed E-state index contributed by atoms with van der Waals surface area (Å²) in [5.41, 5.74) is 5.80. The Bertz CT molecular complexity index is 335. The third-order valence-electron chi connectivity index (χ3n) is 3.67. The molecule has 1 saturated carbocycles. The second kappa shape index (κ2) is 6.84. The normalized spacial score (nSPS) is 20.2. The molecule has 1 fully saturated rings. The minimum Gasteiger partial charge on any atom is -0.330 e. The first kappa shape index (κ1) is 15.9. The SMILES string of the molecule is CC(C)CNS(=O)(=O)NCC1(CN)CCCCC1. The summed E-state index contributed by atoms with van der Waals surface area (Å²) in [7, 11) is -3.38. The maximum absolute atomic E-state index is 11.8. The van der Waals surface area contributed by atoms with Crippen molar-refractivity contribution >= 4 is 10.2 Å². The lowest BCUT2D eigenvalue weighted by molar-refractivity contribution is 0.201. The minimum absolute atomic E-state index is 0.0369. The van der Waals surface area contributed by atoms with E-state index in [4.69, 9.17) is 5.73 Å². The van der Waals surface area contributed by atoms with Crippen molar-refractivity contribution in [3.63, 3.8) is 0 Å². The molecule has 0 heterocycles. The summed E-state index contributed by atoms with van der Waals surface area (Å²) in [6, 6.07) is 0. The van der Waals surface area contributed by atoms with Gasteiger partial charge in [-0.15, -0.1) is 0 Å². The fraction of sp³-hybridized carbons (Fsp3) is 1.00. The van der Waals surface area contributed by atoms with Gasteiger partial charge in [0.05, 0.1) is 0 Å². The average Bonchev–Trinajstić information content (AvgIpc) is 2.36. The van der Waals surface area contributed by atoms with Crippen molar-refractivity contribution in [3.05, 3.63) is 0 Å². The number of nitrogens with two attached hydrogens (primary N) is 1. The van der Waals surface area contributed by atoms with Gasteiger partial charge in [0, 0.05) is 13.1 Å². The highest BCUT2D eigenvalue weighted by atomic mass is 32.2. The van der Waals surface area contributed by atoms with E-state index < -0.39 is 10.2 Å². The fourth-order valence-electron chi connectivity index (χ4n) is 2.33. The molecule has 0 atom stereocenters. The Morgan fingerprint density at radius 2 is 1.78 bits per heavy atom. The molecule has 0 aromatic heterocycles. The van der Waals surface area contributed by atoms with Crippen LogP contribution in [0.2, 0.25) is 0 Å². The zero-order chi connectivity index (χ0) is 13.6. The van der Waals surface area contributed by atoms with Crippen LogP contribution in [0, 0.1) is 11.3 Å². The molecule has 0 bridgehead atoms. The Kier molecular flexibility index (Phi) is 6.04. The van der Waals surface area contributed by atoms with Crippen LogP contribution in [0.3, 0.4) is 0 Å². The second-order valence-corrected chi connectivity index (χ2v) is 7.42. The van der Waals surface area contributed by atoms with Crippen molar-refractivity contribution in [3.8, 4) is 0 Å². The first-order valence-electron chi connectivity index (χ1n) is 6.83. The molecule has 0 spiro atoms. The lowest BCUT2D eigenvalue weighted by Gasteiger charge is -2.36. The second-order valence-electron chi connectivity index (χ2n) is 5.83. The molecule has 1 aliphatic rings. The van der Waals surface area contributed by atoms with E-state index in [-0.39, 0.29) is 5.41 Å². The molecule has 4 N–H and O–H groups in total. The molecule has 1 rings (SSSR count). The van der Waals surface area contributed by atoms with Crippen LogP contribution < -0.4 is 15.2 Å². The first-order valence-corrected chi connectivity index (χ1v) is 8.32. The summed E-state index contributed by atoms with van der Waals surface area (Å²) in [6.07, 6.45) is 5.59. The Morgan fingerprint density at radius 3 is 2.28 bits per heavy atom. The zero-order valence-corrected chi connectivity index (χ0v) is 12.4. The Balaban J connectivity index is 2.46. The number of nitrogens with one attached hydrogen (secondary N) is 2. The van der Waals surface area contributed by atoms with Gasteiger partial charge in [0.15, 0.2) is 0 Å². The summed E-state index contributed by atoms with van der Waals surface area (Å²) in [4.78, 5) is 0. The van der Waals surface area contributed by atoms with E-state index in [0.29, 0.717) is 25.6 Å².